The van der Waals surface area contributed by atoms with Crippen molar-refractivity contribution in [1.29, 1.82) is 0 Å². The number of piperidine rings is 2. The van der Waals surface area contributed by atoms with Gasteiger partial charge >= 0.3 is 0 Å². The van der Waals surface area contributed by atoms with E-state index in [4.69, 9.17) is 4.42 Å². The summed E-state index contributed by atoms with van der Waals surface area (Å²) in [4.78, 5) is 17.0. The summed E-state index contributed by atoms with van der Waals surface area (Å²) in [6.07, 6.45) is 7.68. The van der Waals surface area contributed by atoms with Crippen molar-refractivity contribution in [2.75, 3.05) is 39.3 Å². The number of nitrogens with zero attached hydrogens (tertiary/aromatic N) is 2. The minimum atomic E-state index is -0.0422. The van der Waals surface area contributed by atoms with Gasteiger partial charge in [-0.05, 0) is 68.7 Å². The fourth-order valence-electron chi connectivity index (χ4n) is 4.61. The number of carbonyl (C=O) groups is 1. The van der Waals surface area contributed by atoms with Gasteiger partial charge in [-0.15, -0.1) is 0 Å². The molecular weight excluding hydrogens is 304 g/mol. The molecule has 1 spiro atoms. The summed E-state index contributed by atoms with van der Waals surface area (Å²) < 4.78 is 5.25. The average Bonchev–Trinajstić information content (AvgIpc) is 3.25. The van der Waals surface area contributed by atoms with Crippen LogP contribution in [0.15, 0.2) is 22.8 Å². The zero-order valence-corrected chi connectivity index (χ0v) is 14.3. The molecular formula is C19H28N2O3. The molecule has 1 unspecified atom stereocenters. The van der Waals surface area contributed by atoms with E-state index in [1.165, 1.54) is 25.6 Å². The smallest absolute Gasteiger partial charge is 0.289 e. The molecule has 0 bridgehead atoms. The van der Waals surface area contributed by atoms with Crippen LogP contribution in [0.1, 0.15) is 42.7 Å². The molecule has 3 aliphatic rings. The van der Waals surface area contributed by atoms with E-state index in [-0.39, 0.29) is 23.8 Å². The lowest BCUT2D eigenvalue weighted by atomic mass is 9.64. The van der Waals surface area contributed by atoms with Gasteiger partial charge in [0.15, 0.2) is 5.76 Å². The highest BCUT2D eigenvalue weighted by Crippen LogP contribution is 2.46. The highest BCUT2D eigenvalue weighted by molar-refractivity contribution is 5.91. The van der Waals surface area contributed by atoms with Crippen LogP contribution in [0.25, 0.3) is 0 Å². The molecule has 1 saturated carbocycles. The fraction of sp³-hybridized carbons (Fsp3) is 0.737. The maximum Gasteiger partial charge on any atom is 0.289 e. The molecule has 5 nitrogen and oxygen atoms in total. The predicted molar refractivity (Wildman–Crippen MR) is 90.6 cm³/mol. The number of carbonyl (C=O) groups excluding carboxylic acids is 1. The van der Waals surface area contributed by atoms with Crippen molar-refractivity contribution in [1.82, 2.24) is 9.80 Å². The second-order valence-corrected chi connectivity index (χ2v) is 7.96. The summed E-state index contributed by atoms with van der Waals surface area (Å²) in [5.74, 6) is 1.50. The number of hydrogen-bond donors (Lipinski definition) is 1. The zero-order valence-electron chi connectivity index (χ0n) is 14.3. The zero-order chi connectivity index (χ0) is 16.6. The Morgan fingerprint density at radius 3 is 2.62 bits per heavy atom. The largest absolute Gasteiger partial charge is 0.459 e. The lowest BCUT2D eigenvalue weighted by molar-refractivity contribution is -0.0363. The van der Waals surface area contributed by atoms with Crippen LogP contribution in [0, 0.1) is 17.3 Å². The number of furan rings is 1. The van der Waals surface area contributed by atoms with E-state index in [1.54, 1.807) is 12.1 Å². The maximum atomic E-state index is 12.5. The Labute approximate surface area is 143 Å². The van der Waals surface area contributed by atoms with E-state index >= 15 is 0 Å². The Hall–Kier alpha value is -1.33. The fourth-order valence-corrected chi connectivity index (χ4v) is 4.61. The quantitative estimate of drug-likeness (QED) is 0.919. The number of aliphatic hydroxyl groups excluding tert-OH is 1. The maximum absolute atomic E-state index is 12.5. The molecule has 1 atom stereocenters. The van der Waals surface area contributed by atoms with Crippen LogP contribution in [0.2, 0.25) is 0 Å². The van der Waals surface area contributed by atoms with Crippen molar-refractivity contribution < 1.29 is 14.3 Å². The molecule has 0 aromatic carbocycles. The van der Waals surface area contributed by atoms with Gasteiger partial charge in [-0.1, -0.05) is 0 Å². The normalized spacial score (nSPS) is 27.5. The van der Waals surface area contributed by atoms with Crippen LogP contribution >= 0.6 is 0 Å². The third-order valence-electron chi connectivity index (χ3n) is 6.49. The number of amides is 1. The Morgan fingerprint density at radius 2 is 2.00 bits per heavy atom. The monoisotopic (exact) mass is 332 g/mol. The molecule has 1 aromatic rings. The summed E-state index contributed by atoms with van der Waals surface area (Å²) in [5.41, 5.74) is 0.217. The van der Waals surface area contributed by atoms with E-state index in [0.29, 0.717) is 12.3 Å². The van der Waals surface area contributed by atoms with E-state index in [1.807, 2.05) is 4.90 Å². The van der Waals surface area contributed by atoms with Gasteiger partial charge in [0.25, 0.3) is 5.91 Å². The molecule has 24 heavy (non-hydrogen) atoms. The van der Waals surface area contributed by atoms with Gasteiger partial charge < -0.3 is 19.3 Å². The first-order valence-corrected chi connectivity index (χ1v) is 9.36. The van der Waals surface area contributed by atoms with Gasteiger partial charge in [0.2, 0.25) is 0 Å². The molecule has 1 amide bonds. The summed E-state index contributed by atoms with van der Waals surface area (Å²) in [6.45, 7) is 5.17. The lowest BCUT2D eigenvalue weighted by Gasteiger charge is -2.51. The van der Waals surface area contributed by atoms with Crippen molar-refractivity contribution >= 4 is 5.91 Å². The third kappa shape index (κ3) is 3.11. The van der Waals surface area contributed by atoms with Gasteiger partial charge in [-0.25, -0.2) is 0 Å². The van der Waals surface area contributed by atoms with Gasteiger partial charge in [0, 0.05) is 32.2 Å². The molecule has 0 radical (unpaired) electrons. The minimum absolute atomic E-state index is 0.0422. The van der Waals surface area contributed by atoms with Gasteiger partial charge in [0.05, 0.1) is 6.26 Å². The molecule has 1 aliphatic carbocycles. The Kier molecular flexibility index (Phi) is 4.39. The number of hydrogen-bond acceptors (Lipinski definition) is 4. The molecule has 2 aliphatic heterocycles. The van der Waals surface area contributed by atoms with Crippen LogP contribution in [0.4, 0.5) is 0 Å². The lowest BCUT2D eigenvalue weighted by Crippen LogP contribution is -2.54. The summed E-state index contributed by atoms with van der Waals surface area (Å²) in [7, 11) is 0. The van der Waals surface area contributed by atoms with Crippen LogP contribution in [0.5, 0.6) is 0 Å². The Balaban J connectivity index is 1.38. The van der Waals surface area contributed by atoms with Crippen molar-refractivity contribution in [3.8, 4) is 0 Å². The molecule has 4 rings (SSSR count). The number of likely N-dealkylation sites (tertiary alicyclic amines) is 2. The molecule has 5 heteroatoms. The molecule has 3 heterocycles. The SMILES string of the molecule is O=C(c1ccco1)N1CCC2(CCN(CC3CC3)CC2)C(CO)C1. The van der Waals surface area contributed by atoms with E-state index < -0.39 is 0 Å². The standard InChI is InChI=1S/C19H28N2O3/c22-14-16-13-21(18(23)17-2-1-11-24-17)10-7-19(16)5-8-20(9-6-19)12-15-3-4-15/h1-2,11,15-16,22H,3-10,12-14H2. The van der Waals surface area contributed by atoms with Crippen molar-refractivity contribution in [2.24, 2.45) is 17.3 Å². The molecule has 1 N–H and O–H groups in total. The highest BCUT2D eigenvalue weighted by Gasteiger charge is 2.45. The predicted octanol–water partition coefficient (Wildman–Crippen LogP) is 2.23. The van der Waals surface area contributed by atoms with Crippen LogP contribution in [-0.2, 0) is 0 Å². The van der Waals surface area contributed by atoms with Gasteiger partial charge in [-0.3, -0.25) is 4.79 Å². The van der Waals surface area contributed by atoms with Crippen LogP contribution in [0.3, 0.4) is 0 Å². The van der Waals surface area contributed by atoms with E-state index in [0.717, 1.165) is 44.8 Å². The first-order valence-electron chi connectivity index (χ1n) is 9.36. The average molecular weight is 332 g/mol. The summed E-state index contributed by atoms with van der Waals surface area (Å²) in [5, 5.41) is 9.98. The summed E-state index contributed by atoms with van der Waals surface area (Å²) in [6, 6.07) is 3.47. The second-order valence-electron chi connectivity index (χ2n) is 7.96. The molecule has 132 valence electrons. The first-order chi connectivity index (χ1) is 11.7. The topological polar surface area (TPSA) is 56.9 Å². The summed E-state index contributed by atoms with van der Waals surface area (Å²) >= 11 is 0. The molecule has 1 aromatic heterocycles. The number of aliphatic hydroxyl groups is 1. The third-order valence-corrected chi connectivity index (χ3v) is 6.49. The van der Waals surface area contributed by atoms with Crippen LogP contribution < -0.4 is 0 Å². The highest BCUT2D eigenvalue weighted by atomic mass is 16.3. The van der Waals surface area contributed by atoms with Crippen molar-refractivity contribution in [3.05, 3.63) is 24.2 Å². The second kappa shape index (κ2) is 6.52. The molecule has 2 saturated heterocycles. The van der Waals surface area contributed by atoms with Crippen LogP contribution in [-0.4, -0.2) is 60.1 Å². The van der Waals surface area contributed by atoms with Gasteiger partial charge in [-0.2, -0.15) is 0 Å². The molecule has 3 fully saturated rings. The Bertz CT molecular complexity index is 559. The van der Waals surface area contributed by atoms with Crippen molar-refractivity contribution in [2.45, 2.75) is 32.1 Å². The van der Waals surface area contributed by atoms with Gasteiger partial charge in [0.1, 0.15) is 0 Å². The Morgan fingerprint density at radius 1 is 1.25 bits per heavy atom. The van der Waals surface area contributed by atoms with Crippen molar-refractivity contribution in [3.63, 3.8) is 0 Å². The minimum Gasteiger partial charge on any atom is -0.459 e. The van der Waals surface area contributed by atoms with E-state index in [9.17, 15) is 9.90 Å². The van der Waals surface area contributed by atoms with E-state index in [2.05, 4.69) is 4.90 Å². The first kappa shape index (κ1) is 16.2. The number of rotatable bonds is 4.